The van der Waals surface area contributed by atoms with Gasteiger partial charge in [-0.1, -0.05) is 46.3 Å². The van der Waals surface area contributed by atoms with E-state index in [4.69, 9.17) is 0 Å². The first-order valence-corrected chi connectivity index (χ1v) is 7.19. The molecular formula is C12H14BrN3S. The van der Waals surface area contributed by atoms with Gasteiger partial charge in [0.05, 0.1) is 0 Å². The molecule has 0 saturated heterocycles. The molecule has 0 amide bonds. The normalized spacial score (nSPS) is 10.7. The van der Waals surface area contributed by atoms with Gasteiger partial charge in [0.1, 0.15) is 10.0 Å². The molecule has 2 rings (SSSR count). The van der Waals surface area contributed by atoms with Gasteiger partial charge in [0.2, 0.25) is 0 Å². The van der Waals surface area contributed by atoms with E-state index in [-0.39, 0.29) is 0 Å². The van der Waals surface area contributed by atoms with Gasteiger partial charge in [-0.3, -0.25) is 0 Å². The van der Waals surface area contributed by atoms with Crippen molar-refractivity contribution in [1.29, 1.82) is 0 Å². The molecule has 0 atom stereocenters. The summed E-state index contributed by atoms with van der Waals surface area (Å²) in [6, 6.07) is 8.14. The minimum Gasteiger partial charge on any atom is -0.317 e. The molecule has 1 N–H and O–H groups in total. The zero-order chi connectivity index (χ0) is 12.1. The summed E-state index contributed by atoms with van der Waals surface area (Å²) in [5, 5.41) is 13.8. The van der Waals surface area contributed by atoms with Crippen LogP contribution in [0, 0.1) is 0 Å². The van der Waals surface area contributed by atoms with Crippen molar-refractivity contribution < 1.29 is 0 Å². The molecule has 1 heterocycles. The van der Waals surface area contributed by atoms with Crippen molar-refractivity contribution in [3.63, 3.8) is 0 Å². The molecule has 0 radical (unpaired) electrons. The molecule has 1 aromatic heterocycles. The first kappa shape index (κ1) is 12.7. The van der Waals surface area contributed by atoms with Crippen molar-refractivity contribution in [2.45, 2.75) is 13.3 Å². The van der Waals surface area contributed by atoms with Gasteiger partial charge in [-0.15, -0.1) is 10.2 Å². The van der Waals surface area contributed by atoms with E-state index in [0.29, 0.717) is 0 Å². The Balaban J connectivity index is 2.07. The van der Waals surface area contributed by atoms with Crippen molar-refractivity contribution in [3.8, 4) is 10.6 Å². The van der Waals surface area contributed by atoms with Gasteiger partial charge in [0.15, 0.2) is 0 Å². The maximum absolute atomic E-state index is 4.23. The lowest BCUT2D eigenvalue weighted by atomic mass is 10.2. The maximum Gasteiger partial charge on any atom is 0.147 e. The van der Waals surface area contributed by atoms with Gasteiger partial charge >= 0.3 is 0 Å². The molecule has 17 heavy (non-hydrogen) atoms. The lowest BCUT2D eigenvalue weighted by Crippen LogP contribution is -2.15. The Morgan fingerprint density at radius 3 is 3.00 bits per heavy atom. The Hall–Kier alpha value is -0.780. The SMILES string of the molecule is CCNCCc1nnc(-c2cccc(Br)c2)s1. The fraction of sp³-hybridized carbons (Fsp3) is 0.333. The molecule has 3 nitrogen and oxygen atoms in total. The Bertz CT molecular complexity index is 484. The largest absolute Gasteiger partial charge is 0.317 e. The Morgan fingerprint density at radius 2 is 2.24 bits per heavy atom. The zero-order valence-electron chi connectivity index (χ0n) is 9.61. The van der Waals surface area contributed by atoms with Crippen molar-refractivity contribution in [1.82, 2.24) is 15.5 Å². The average molecular weight is 312 g/mol. The number of likely N-dealkylation sites (N-methyl/N-ethyl adjacent to an activating group) is 1. The van der Waals surface area contributed by atoms with Gasteiger partial charge in [-0.25, -0.2) is 0 Å². The van der Waals surface area contributed by atoms with Gasteiger partial charge in [-0.2, -0.15) is 0 Å². The predicted octanol–water partition coefficient (Wildman–Crippen LogP) is 3.12. The molecule has 0 unspecified atom stereocenters. The second-order valence-electron chi connectivity index (χ2n) is 3.61. The Labute approximate surface area is 113 Å². The quantitative estimate of drug-likeness (QED) is 0.862. The highest BCUT2D eigenvalue weighted by Gasteiger charge is 2.06. The lowest BCUT2D eigenvalue weighted by molar-refractivity contribution is 0.710. The highest BCUT2D eigenvalue weighted by molar-refractivity contribution is 9.10. The van der Waals surface area contributed by atoms with Gasteiger partial charge < -0.3 is 5.32 Å². The molecule has 90 valence electrons. The van der Waals surface area contributed by atoms with Crippen LogP contribution in [0.5, 0.6) is 0 Å². The summed E-state index contributed by atoms with van der Waals surface area (Å²) in [5.41, 5.74) is 1.12. The number of rotatable bonds is 5. The fourth-order valence-corrected chi connectivity index (χ4v) is 2.70. The monoisotopic (exact) mass is 311 g/mol. The van der Waals surface area contributed by atoms with Crippen LogP contribution in [0.1, 0.15) is 11.9 Å². The molecule has 1 aromatic carbocycles. The van der Waals surface area contributed by atoms with E-state index >= 15 is 0 Å². The van der Waals surface area contributed by atoms with E-state index in [1.165, 1.54) is 0 Å². The standard InChI is InChI=1S/C12H14BrN3S/c1-2-14-7-6-11-15-16-12(17-11)9-4-3-5-10(13)8-9/h3-5,8,14H,2,6-7H2,1H3. The van der Waals surface area contributed by atoms with E-state index in [1.807, 2.05) is 12.1 Å². The van der Waals surface area contributed by atoms with E-state index in [2.05, 4.69) is 50.5 Å². The minimum atomic E-state index is 0.944. The maximum atomic E-state index is 4.23. The van der Waals surface area contributed by atoms with Crippen molar-refractivity contribution in [2.24, 2.45) is 0 Å². The van der Waals surface area contributed by atoms with Crippen LogP contribution < -0.4 is 5.32 Å². The van der Waals surface area contributed by atoms with Crippen LogP contribution in [0.15, 0.2) is 28.7 Å². The summed E-state index contributed by atoms with van der Waals surface area (Å²) >= 11 is 5.13. The van der Waals surface area contributed by atoms with E-state index in [9.17, 15) is 0 Å². The number of hydrogen-bond donors (Lipinski definition) is 1. The Morgan fingerprint density at radius 1 is 1.35 bits per heavy atom. The van der Waals surface area contributed by atoms with E-state index < -0.39 is 0 Å². The van der Waals surface area contributed by atoms with Gasteiger partial charge in [0, 0.05) is 23.0 Å². The lowest BCUT2D eigenvalue weighted by Gasteiger charge is -1.96. The highest BCUT2D eigenvalue weighted by Crippen LogP contribution is 2.25. The van der Waals surface area contributed by atoms with Gasteiger partial charge in [0.25, 0.3) is 0 Å². The molecule has 0 fully saturated rings. The molecule has 0 aliphatic carbocycles. The van der Waals surface area contributed by atoms with Crippen molar-refractivity contribution in [2.75, 3.05) is 13.1 Å². The van der Waals surface area contributed by atoms with Crippen LogP contribution in [0.3, 0.4) is 0 Å². The van der Waals surface area contributed by atoms with Crippen LogP contribution in [-0.4, -0.2) is 23.3 Å². The van der Waals surface area contributed by atoms with Crippen LogP contribution in [-0.2, 0) is 6.42 Å². The summed E-state index contributed by atoms with van der Waals surface area (Å²) in [5.74, 6) is 0. The first-order valence-electron chi connectivity index (χ1n) is 5.58. The smallest absolute Gasteiger partial charge is 0.147 e. The van der Waals surface area contributed by atoms with Crippen LogP contribution >= 0.6 is 27.3 Å². The number of nitrogens with zero attached hydrogens (tertiary/aromatic N) is 2. The summed E-state index contributed by atoms with van der Waals surface area (Å²) < 4.78 is 1.07. The highest BCUT2D eigenvalue weighted by atomic mass is 79.9. The first-order chi connectivity index (χ1) is 8.29. The second kappa shape index (κ2) is 6.23. The van der Waals surface area contributed by atoms with Crippen LogP contribution in [0.2, 0.25) is 0 Å². The molecule has 5 heteroatoms. The second-order valence-corrected chi connectivity index (χ2v) is 5.59. The van der Waals surface area contributed by atoms with E-state index in [1.54, 1.807) is 11.3 Å². The molecule has 0 saturated carbocycles. The Kier molecular flexibility index (Phi) is 4.65. The van der Waals surface area contributed by atoms with E-state index in [0.717, 1.165) is 39.6 Å². The molecule has 0 bridgehead atoms. The van der Waals surface area contributed by atoms with Gasteiger partial charge in [-0.05, 0) is 18.7 Å². The molecular weight excluding hydrogens is 298 g/mol. The topological polar surface area (TPSA) is 37.8 Å². The molecule has 0 spiro atoms. The summed E-state index contributed by atoms with van der Waals surface area (Å²) in [6.07, 6.45) is 0.944. The third kappa shape index (κ3) is 3.59. The third-order valence-corrected chi connectivity index (χ3v) is 3.83. The fourth-order valence-electron chi connectivity index (χ4n) is 1.46. The number of halogens is 1. The van der Waals surface area contributed by atoms with Crippen molar-refractivity contribution >= 4 is 27.3 Å². The number of nitrogens with one attached hydrogen (secondary N) is 1. The third-order valence-electron chi connectivity index (χ3n) is 2.30. The summed E-state index contributed by atoms with van der Waals surface area (Å²) in [4.78, 5) is 0. The number of hydrogen-bond acceptors (Lipinski definition) is 4. The van der Waals surface area contributed by atoms with Crippen molar-refractivity contribution in [3.05, 3.63) is 33.7 Å². The number of aromatic nitrogens is 2. The summed E-state index contributed by atoms with van der Waals surface area (Å²) in [7, 11) is 0. The molecule has 0 aliphatic rings. The predicted molar refractivity (Wildman–Crippen MR) is 75.3 cm³/mol. The number of benzene rings is 1. The average Bonchev–Trinajstić information content (AvgIpc) is 2.78. The minimum absolute atomic E-state index is 0.944. The zero-order valence-corrected chi connectivity index (χ0v) is 12.0. The summed E-state index contributed by atoms with van der Waals surface area (Å²) in [6.45, 7) is 4.06. The van der Waals surface area contributed by atoms with Crippen LogP contribution in [0.25, 0.3) is 10.6 Å². The molecule has 2 aromatic rings. The van der Waals surface area contributed by atoms with Crippen LogP contribution in [0.4, 0.5) is 0 Å². The molecule has 0 aliphatic heterocycles.